The molecule has 0 fully saturated rings. The van der Waals surface area contributed by atoms with E-state index in [4.69, 9.17) is 0 Å². The van der Waals surface area contributed by atoms with E-state index in [-0.39, 0.29) is 0 Å². The van der Waals surface area contributed by atoms with Crippen LogP contribution >= 0.6 is 0 Å². The molecule has 1 aromatic rings. The second-order valence-corrected chi connectivity index (χ2v) is 4.60. The van der Waals surface area contributed by atoms with Gasteiger partial charge in [0.2, 0.25) is 0 Å². The third-order valence-corrected chi connectivity index (χ3v) is 3.04. The van der Waals surface area contributed by atoms with E-state index in [1.165, 1.54) is 18.7 Å². The van der Waals surface area contributed by atoms with E-state index in [1.807, 2.05) is 6.20 Å². The van der Waals surface area contributed by atoms with Crippen molar-refractivity contribution in [1.29, 1.82) is 0 Å². The normalized spacial score (nSPS) is 11.6. The molecule has 1 N–H and O–H groups in total. The van der Waals surface area contributed by atoms with Crippen molar-refractivity contribution >= 4 is 0 Å². The zero-order chi connectivity index (χ0) is 12.0. The van der Waals surface area contributed by atoms with Gasteiger partial charge in [-0.3, -0.25) is 0 Å². The summed E-state index contributed by atoms with van der Waals surface area (Å²) in [5.74, 6) is 1.69. The number of nitrogens with zero attached hydrogens (tertiary/aromatic N) is 2. The van der Waals surface area contributed by atoms with E-state index in [1.54, 1.807) is 0 Å². The van der Waals surface area contributed by atoms with Gasteiger partial charge in [-0.2, -0.15) is 0 Å². The minimum absolute atomic E-state index is 0.503. The van der Waals surface area contributed by atoms with Crippen molar-refractivity contribution in [3.05, 3.63) is 18.2 Å². The summed E-state index contributed by atoms with van der Waals surface area (Å²) in [4.78, 5) is 4.39. The molecule has 0 unspecified atom stereocenters. The molecule has 3 nitrogen and oxygen atoms in total. The molecule has 0 amide bonds. The molecule has 0 saturated carbocycles. The van der Waals surface area contributed by atoms with Crippen LogP contribution < -0.4 is 5.32 Å². The average molecular weight is 223 g/mol. The number of aromatic nitrogens is 2. The molecule has 92 valence electrons. The molecule has 0 atom stereocenters. The van der Waals surface area contributed by atoms with Gasteiger partial charge in [-0.25, -0.2) is 4.98 Å². The lowest BCUT2D eigenvalue weighted by Gasteiger charge is -2.16. The van der Waals surface area contributed by atoms with Gasteiger partial charge in [-0.15, -0.1) is 0 Å². The van der Waals surface area contributed by atoms with Crippen molar-refractivity contribution in [3.8, 4) is 0 Å². The number of imidazole rings is 1. The van der Waals surface area contributed by atoms with Gasteiger partial charge in [-0.1, -0.05) is 27.7 Å². The first-order valence-corrected chi connectivity index (χ1v) is 6.43. The monoisotopic (exact) mass is 223 g/mol. The lowest BCUT2D eigenvalue weighted by molar-refractivity contribution is 0.460. The Morgan fingerprint density at radius 1 is 1.31 bits per heavy atom. The van der Waals surface area contributed by atoms with Gasteiger partial charge in [0.05, 0.1) is 0 Å². The van der Waals surface area contributed by atoms with Crippen LogP contribution in [0.3, 0.4) is 0 Å². The molecule has 0 saturated heterocycles. The van der Waals surface area contributed by atoms with Crippen molar-refractivity contribution in [2.45, 2.75) is 59.0 Å². The highest BCUT2D eigenvalue weighted by Gasteiger charge is 2.07. The second-order valence-electron chi connectivity index (χ2n) is 4.60. The number of rotatable bonds is 7. The van der Waals surface area contributed by atoms with E-state index in [0.29, 0.717) is 12.0 Å². The summed E-state index contributed by atoms with van der Waals surface area (Å²) < 4.78 is 2.25. The van der Waals surface area contributed by atoms with Crippen LogP contribution in [0.4, 0.5) is 0 Å². The van der Waals surface area contributed by atoms with E-state index in [0.717, 1.165) is 13.1 Å². The van der Waals surface area contributed by atoms with Gasteiger partial charge in [0, 0.05) is 37.4 Å². The van der Waals surface area contributed by atoms with Crippen molar-refractivity contribution in [3.63, 3.8) is 0 Å². The van der Waals surface area contributed by atoms with Crippen LogP contribution in [-0.2, 0) is 6.54 Å². The largest absolute Gasteiger partial charge is 0.333 e. The molecule has 0 spiro atoms. The van der Waals surface area contributed by atoms with Gasteiger partial charge in [0.25, 0.3) is 0 Å². The first-order valence-electron chi connectivity index (χ1n) is 6.43. The predicted octanol–water partition coefficient (Wildman–Crippen LogP) is 2.78. The maximum absolute atomic E-state index is 4.39. The summed E-state index contributed by atoms with van der Waals surface area (Å²) in [5, 5.41) is 3.57. The molecule has 0 aromatic carbocycles. The molecule has 0 bridgehead atoms. The first kappa shape index (κ1) is 13.2. The van der Waals surface area contributed by atoms with Gasteiger partial charge in [0.15, 0.2) is 0 Å². The Balaban J connectivity index is 2.39. The Bertz CT molecular complexity index is 287. The standard InChI is InChI=1S/C13H25N3/c1-5-12(6-2)14-7-9-16-10-8-15-13(16)11(3)4/h8,10-12,14H,5-7,9H2,1-4H3. The van der Waals surface area contributed by atoms with E-state index in [9.17, 15) is 0 Å². The number of hydrogen-bond donors (Lipinski definition) is 1. The van der Waals surface area contributed by atoms with Crippen LogP contribution in [0.5, 0.6) is 0 Å². The Morgan fingerprint density at radius 2 is 2.00 bits per heavy atom. The Hall–Kier alpha value is -0.830. The van der Waals surface area contributed by atoms with Crippen molar-refractivity contribution in [1.82, 2.24) is 14.9 Å². The fourth-order valence-corrected chi connectivity index (χ4v) is 1.98. The lowest BCUT2D eigenvalue weighted by atomic mass is 10.2. The van der Waals surface area contributed by atoms with Crippen LogP contribution in [0.1, 0.15) is 52.3 Å². The van der Waals surface area contributed by atoms with E-state index < -0.39 is 0 Å². The first-order chi connectivity index (χ1) is 7.69. The van der Waals surface area contributed by atoms with Gasteiger partial charge >= 0.3 is 0 Å². The minimum atomic E-state index is 0.503. The van der Waals surface area contributed by atoms with Crippen molar-refractivity contribution < 1.29 is 0 Å². The Labute approximate surface area is 99.3 Å². The van der Waals surface area contributed by atoms with Crippen LogP contribution in [0.15, 0.2) is 12.4 Å². The minimum Gasteiger partial charge on any atom is -0.333 e. The second kappa shape index (κ2) is 6.69. The maximum atomic E-state index is 4.39. The van der Waals surface area contributed by atoms with Crippen LogP contribution in [-0.4, -0.2) is 22.1 Å². The predicted molar refractivity (Wildman–Crippen MR) is 68.7 cm³/mol. The molecule has 0 aliphatic rings. The number of nitrogens with one attached hydrogen (secondary N) is 1. The van der Waals surface area contributed by atoms with E-state index in [2.05, 4.69) is 48.8 Å². The molecular weight excluding hydrogens is 198 g/mol. The summed E-state index contributed by atoms with van der Waals surface area (Å²) in [6.07, 6.45) is 6.38. The zero-order valence-corrected chi connectivity index (χ0v) is 11.0. The van der Waals surface area contributed by atoms with Crippen LogP contribution in [0, 0.1) is 0 Å². The third kappa shape index (κ3) is 3.63. The highest BCUT2D eigenvalue weighted by atomic mass is 15.1. The topological polar surface area (TPSA) is 29.9 Å². The summed E-state index contributed by atoms with van der Waals surface area (Å²) in [7, 11) is 0. The highest BCUT2D eigenvalue weighted by molar-refractivity contribution is 4.97. The molecule has 1 heterocycles. The van der Waals surface area contributed by atoms with Gasteiger partial charge in [0.1, 0.15) is 5.82 Å². The number of hydrogen-bond acceptors (Lipinski definition) is 2. The molecule has 1 rings (SSSR count). The highest BCUT2D eigenvalue weighted by Crippen LogP contribution is 2.11. The van der Waals surface area contributed by atoms with Crippen molar-refractivity contribution in [2.24, 2.45) is 0 Å². The fourth-order valence-electron chi connectivity index (χ4n) is 1.98. The lowest BCUT2D eigenvalue weighted by Crippen LogP contribution is -2.31. The molecule has 16 heavy (non-hydrogen) atoms. The molecule has 0 aliphatic carbocycles. The summed E-state index contributed by atoms with van der Waals surface area (Å²) in [6.45, 7) is 10.9. The third-order valence-electron chi connectivity index (χ3n) is 3.04. The Morgan fingerprint density at radius 3 is 2.56 bits per heavy atom. The summed E-state index contributed by atoms with van der Waals surface area (Å²) >= 11 is 0. The SMILES string of the molecule is CCC(CC)NCCn1ccnc1C(C)C. The summed E-state index contributed by atoms with van der Waals surface area (Å²) in [6, 6.07) is 0.658. The molecule has 0 aliphatic heterocycles. The maximum Gasteiger partial charge on any atom is 0.111 e. The van der Waals surface area contributed by atoms with E-state index >= 15 is 0 Å². The molecule has 1 aromatic heterocycles. The smallest absolute Gasteiger partial charge is 0.111 e. The zero-order valence-electron chi connectivity index (χ0n) is 11.0. The average Bonchev–Trinajstić information content (AvgIpc) is 2.72. The Kier molecular flexibility index (Phi) is 5.53. The summed E-state index contributed by atoms with van der Waals surface area (Å²) in [5.41, 5.74) is 0. The quantitative estimate of drug-likeness (QED) is 0.770. The van der Waals surface area contributed by atoms with Crippen LogP contribution in [0.25, 0.3) is 0 Å². The van der Waals surface area contributed by atoms with Gasteiger partial charge in [-0.05, 0) is 12.8 Å². The van der Waals surface area contributed by atoms with Gasteiger partial charge < -0.3 is 9.88 Å². The van der Waals surface area contributed by atoms with Crippen molar-refractivity contribution in [2.75, 3.05) is 6.54 Å². The van der Waals surface area contributed by atoms with Crippen LogP contribution in [0.2, 0.25) is 0 Å². The fraction of sp³-hybridized carbons (Fsp3) is 0.769. The molecular formula is C13H25N3. The molecule has 0 radical (unpaired) electrons. The molecule has 3 heteroatoms.